The van der Waals surface area contributed by atoms with Gasteiger partial charge in [-0.2, -0.15) is 0 Å². The average Bonchev–Trinajstić information content (AvgIpc) is 3.30. The summed E-state index contributed by atoms with van der Waals surface area (Å²) in [6, 6.07) is 13.9. The third-order valence-corrected chi connectivity index (χ3v) is 9.62. The van der Waals surface area contributed by atoms with Crippen LogP contribution >= 0.6 is 0 Å². The predicted octanol–water partition coefficient (Wildman–Crippen LogP) is 5.53. The highest BCUT2D eigenvalue weighted by Crippen LogP contribution is 2.33. The van der Waals surface area contributed by atoms with Gasteiger partial charge in [-0.15, -0.1) is 10.2 Å². The van der Waals surface area contributed by atoms with Crippen LogP contribution in [-0.2, 0) is 22.8 Å². The molecular formula is C30H38N6O2Si. The van der Waals surface area contributed by atoms with Gasteiger partial charge in [-0.1, -0.05) is 43.9 Å². The standard InChI is InChI=1S/C30H38N6O2Si/c1-39(2,3)15-14-38-21-35-13-11-27-28(35)16-26(17-31-27)23-4-6-24(7-5-23)29-33-32-20-36(29)19-22-10-12-34(18-22)30(37)25-8-9-25/h4-7,11,13,16-17,20,22,25H,8-10,12,14-15,18-19,21H2,1-3H3/t22-/m0/s1. The largest absolute Gasteiger partial charge is 0.361 e. The molecule has 3 aromatic heterocycles. The quantitative estimate of drug-likeness (QED) is 0.194. The molecule has 1 saturated carbocycles. The molecule has 1 aromatic carbocycles. The Morgan fingerprint density at radius 2 is 1.82 bits per heavy atom. The van der Waals surface area contributed by atoms with Crippen molar-refractivity contribution in [2.75, 3.05) is 19.7 Å². The number of benzene rings is 1. The molecule has 9 heteroatoms. The summed E-state index contributed by atoms with van der Waals surface area (Å²) in [5, 5.41) is 8.63. The fraction of sp³-hybridized carbons (Fsp3) is 0.467. The first-order valence-electron chi connectivity index (χ1n) is 14.1. The molecule has 1 amide bonds. The molecule has 0 unspecified atom stereocenters. The van der Waals surface area contributed by atoms with Crippen molar-refractivity contribution in [3.8, 4) is 22.5 Å². The lowest BCUT2D eigenvalue weighted by Crippen LogP contribution is -2.30. The Bertz CT molecular complexity index is 1450. The van der Waals surface area contributed by atoms with Gasteiger partial charge in [0.1, 0.15) is 13.1 Å². The Labute approximate surface area is 231 Å². The first kappa shape index (κ1) is 25.9. The molecule has 8 nitrogen and oxygen atoms in total. The predicted molar refractivity (Wildman–Crippen MR) is 156 cm³/mol. The Kier molecular flexibility index (Phi) is 7.11. The second-order valence-electron chi connectivity index (χ2n) is 12.4. The highest BCUT2D eigenvalue weighted by Gasteiger charge is 2.36. The van der Waals surface area contributed by atoms with Gasteiger partial charge in [-0.25, -0.2) is 0 Å². The van der Waals surface area contributed by atoms with Gasteiger partial charge in [0.25, 0.3) is 0 Å². The molecule has 2 fully saturated rings. The van der Waals surface area contributed by atoms with E-state index < -0.39 is 8.07 Å². The minimum atomic E-state index is -1.10. The molecule has 0 spiro atoms. The second kappa shape index (κ2) is 10.7. The summed E-state index contributed by atoms with van der Waals surface area (Å²) in [6.07, 6.45) is 8.97. The van der Waals surface area contributed by atoms with Crippen LogP contribution in [0.3, 0.4) is 0 Å². The number of rotatable bonds is 10. The Morgan fingerprint density at radius 3 is 2.59 bits per heavy atom. The van der Waals surface area contributed by atoms with Crippen LogP contribution in [0.5, 0.6) is 0 Å². The summed E-state index contributed by atoms with van der Waals surface area (Å²) in [5.74, 6) is 1.95. The summed E-state index contributed by atoms with van der Waals surface area (Å²) in [4.78, 5) is 19.2. The van der Waals surface area contributed by atoms with Gasteiger partial charge >= 0.3 is 0 Å². The number of carbonyl (C=O) groups is 1. The first-order chi connectivity index (χ1) is 18.8. The van der Waals surface area contributed by atoms with Crippen LogP contribution in [0.4, 0.5) is 0 Å². The monoisotopic (exact) mass is 542 g/mol. The maximum Gasteiger partial charge on any atom is 0.225 e. The van der Waals surface area contributed by atoms with E-state index in [1.807, 2.05) is 18.6 Å². The molecule has 0 radical (unpaired) electrons. The summed E-state index contributed by atoms with van der Waals surface area (Å²) >= 11 is 0. The Hall–Kier alpha value is -3.30. The Morgan fingerprint density at radius 1 is 1.03 bits per heavy atom. The van der Waals surface area contributed by atoms with Gasteiger partial charge in [0.2, 0.25) is 5.91 Å². The maximum absolute atomic E-state index is 12.4. The van der Waals surface area contributed by atoms with Crippen LogP contribution in [0.2, 0.25) is 25.7 Å². The molecular weight excluding hydrogens is 504 g/mol. The molecule has 4 aromatic rings. The number of fused-ring (bicyclic) bond motifs is 1. The highest BCUT2D eigenvalue weighted by atomic mass is 28.3. The zero-order valence-electron chi connectivity index (χ0n) is 23.2. The van der Waals surface area contributed by atoms with E-state index in [1.165, 1.54) is 0 Å². The lowest BCUT2D eigenvalue weighted by atomic mass is 10.0. The number of aromatic nitrogens is 5. The molecule has 0 N–H and O–H groups in total. The normalized spacial score (nSPS) is 17.8. The van der Waals surface area contributed by atoms with Gasteiger partial charge in [0, 0.05) is 63.8 Å². The third kappa shape index (κ3) is 5.99. The highest BCUT2D eigenvalue weighted by molar-refractivity contribution is 6.76. The molecule has 39 heavy (non-hydrogen) atoms. The maximum atomic E-state index is 12.4. The van der Waals surface area contributed by atoms with Gasteiger partial charge in [0.15, 0.2) is 5.82 Å². The summed E-state index contributed by atoms with van der Waals surface area (Å²) in [7, 11) is -1.10. The zero-order chi connectivity index (χ0) is 27.0. The summed E-state index contributed by atoms with van der Waals surface area (Å²) in [6.45, 7) is 11.0. The summed E-state index contributed by atoms with van der Waals surface area (Å²) < 4.78 is 10.3. The van der Waals surface area contributed by atoms with Gasteiger partial charge in [-0.3, -0.25) is 9.78 Å². The minimum Gasteiger partial charge on any atom is -0.361 e. The third-order valence-electron chi connectivity index (χ3n) is 7.92. The fourth-order valence-corrected chi connectivity index (χ4v) is 6.10. The number of hydrogen-bond acceptors (Lipinski definition) is 5. The van der Waals surface area contributed by atoms with Crippen LogP contribution < -0.4 is 0 Å². The molecule has 204 valence electrons. The van der Waals surface area contributed by atoms with Gasteiger partial charge in [0.05, 0.1) is 11.0 Å². The fourth-order valence-electron chi connectivity index (χ4n) is 5.35. The molecule has 1 atom stereocenters. The lowest BCUT2D eigenvalue weighted by molar-refractivity contribution is -0.131. The van der Waals surface area contributed by atoms with Crippen molar-refractivity contribution in [1.29, 1.82) is 0 Å². The topological polar surface area (TPSA) is 78.1 Å². The first-order valence-corrected chi connectivity index (χ1v) is 17.8. The second-order valence-corrected chi connectivity index (χ2v) is 18.0. The van der Waals surface area contributed by atoms with E-state index in [1.54, 1.807) is 0 Å². The van der Waals surface area contributed by atoms with Crippen molar-refractivity contribution < 1.29 is 9.53 Å². The van der Waals surface area contributed by atoms with Crippen molar-refractivity contribution in [2.45, 2.75) is 58.2 Å². The number of carbonyl (C=O) groups excluding carboxylic acids is 1. The number of hydrogen-bond donors (Lipinski definition) is 0. The molecule has 1 aliphatic heterocycles. The Balaban J connectivity index is 1.12. The van der Waals surface area contributed by atoms with Gasteiger partial charge < -0.3 is 18.8 Å². The van der Waals surface area contributed by atoms with Gasteiger partial charge in [-0.05, 0) is 48.9 Å². The minimum absolute atomic E-state index is 0.293. The van der Waals surface area contributed by atoms with Crippen molar-refractivity contribution in [2.24, 2.45) is 11.8 Å². The van der Waals surface area contributed by atoms with Crippen LogP contribution in [-0.4, -0.2) is 62.9 Å². The van der Waals surface area contributed by atoms with Crippen LogP contribution in [0, 0.1) is 11.8 Å². The van der Waals surface area contributed by atoms with E-state index in [2.05, 4.69) is 80.4 Å². The molecule has 0 bridgehead atoms. The zero-order valence-corrected chi connectivity index (χ0v) is 24.2. The van der Waals surface area contributed by atoms with E-state index >= 15 is 0 Å². The lowest BCUT2D eigenvalue weighted by Gasteiger charge is -2.17. The van der Waals surface area contributed by atoms with E-state index in [0.717, 1.165) is 85.1 Å². The molecule has 4 heterocycles. The molecule has 1 saturated heterocycles. The smallest absolute Gasteiger partial charge is 0.225 e. The average molecular weight is 543 g/mol. The van der Waals surface area contributed by atoms with Crippen LogP contribution in [0.15, 0.2) is 55.1 Å². The number of nitrogens with zero attached hydrogens (tertiary/aromatic N) is 6. The number of amides is 1. The van der Waals surface area contributed by atoms with E-state index in [-0.39, 0.29) is 0 Å². The number of ether oxygens (including phenoxy) is 1. The van der Waals surface area contributed by atoms with Crippen LogP contribution in [0.25, 0.3) is 33.5 Å². The number of pyridine rings is 1. The van der Waals surface area contributed by atoms with E-state index in [0.29, 0.717) is 24.5 Å². The van der Waals surface area contributed by atoms with Crippen molar-refractivity contribution >= 4 is 25.0 Å². The van der Waals surface area contributed by atoms with Crippen LogP contribution in [0.1, 0.15) is 19.3 Å². The van der Waals surface area contributed by atoms with Crippen molar-refractivity contribution in [3.63, 3.8) is 0 Å². The van der Waals surface area contributed by atoms with Crippen molar-refractivity contribution in [3.05, 3.63) is 55.1 Å². The number of likely N-dealkylation sites (tertiary alicyclic amines) is 1. The molecule has 1 aliphatic carbocycles. The van der Waals surface area contributed by atoms with E-state index in [4.69, 9.17) is 9.72 Å². The SMILES string of the molecule is C[Si](C)(C)CCOCn1ccc2ncc(-c3ccc(-c4nncn4C[C@H]4CCN(C(=O)C5CC5)C4)cc3)cc21. The van der Waals surface area contributed by atoms with Crippen molar-refractivity contribution in [1.82, 2.24) is 29.2 Å². The van der Waals surface area contributed by atoms with E-state index in [9.17, 15) is 4.79 Å². The molecule has 2 aliphatic rings. The summed E-state index contributed by atoms with van der Waals surface area (Å²) in [5.41, 5.74) is 5.27. The molecule has 6 rings (SSSR count).